The first kappa shape index (κ1) is 27.4. The van der Waals surface area contributed by atoms with Gasteiger partial charge in [0.2, 0.25) is 0 Å². The monoisotopic (exact) mass is 547 g/mol. The van der Waals surface area contributed by atoms with Crippen LogP contribution in [0.3, 0.4) is 0 Å². The molecule has 1 saturated carbocycles. The molecular formula is C34H41N7. The van der Waals surface area contributed by atoms with Crippen molar-refractivity contribution >= 4 is 22.2 Å². The van der Waals surface area contributed by atoms with Crippen molar-refractivity contribution in [3.05, 3.63) is 78.9 Å². The van der Waals surface area contributed by atoms with E-state index in [9.17, 15) is 0 Å². The molecule has 41 heavy (non-hydrogen) atoms. The summed E-state index contributed by atoms with van der Waals surface area (Å²) < 4.78 is 2.16. The molecule has 0 amide bonds. The zero-order valence-electron chi connectivity index (χ0n) is 24.6. The first-order valence-electron chi connectivity index (χ1n) is 14.8. The standard InChI is InChI=1S/C34H41N7/c1-5-40(17-15-36-22-34(2,3)4)27-19-26(20-27)33-39-30(31-32(35)37-16-18-41(31)33)25-12-11-24-13-14-28(38-29(24)21-25)23-9-7-6-8-10-23/h6-14,16,18,21,26-27,36H,5,15,17,19-20,22H2,1-4H3,(H2,35,37)/t26-,27+. The number of rotatable bonds is 9. The third-order valence-electron chi connectivity index (χ3n) is 8.28. The van der Waals surface area contributed by atoms with Crippen LogP contribution in [0.1, 0.15) is 52.3 Å². The normalized spacial score (nSPS) is 17.4. The highest BCUT2D eigenvalue weighted by molar-refractivity contribution is 5.91. The van der Waals surface area contributed by atoms with Gasteiger partial charge < -0.3 is 11.1 Å². The van der Waals surface area contributed by atoms with Gasteiger partial charge in [0.25, 0.3) is 0 Å². The number of benzene rings is 2. The molecule has 0 saturated heterocycles. The summed E-state index contributed by atoms with van der Waals surface area (Å²) in [4.78, 5) is 17.3. The van der Waals surface area contributed by atoms with Crippen molar-refractivity contribution in [1.29, 1.82) is 0 Å². The highest BCUT2D eigenvalue weighted by Gasteiger charge is 2.37. The summed E-state index contributed by atoms with van der Waals surface area (Å²) in [5, 5.41) is 4.73. The van der Waals surface area contributed by atoms with E-state index in [0.29, 0.717) is 23.2 Å². The predicted octanol–water partition coefficient (Wildman–Crippen LogP) is 6.40. The lowest BCUT2D eigenvalue weighted by Crippen LogP contribution is -2.47. The topological polar surface area (TPSA) is 84.4 Å². The van der Waals surface area contributed by atoms with E-state index >= 15 is 0 Å². The first-order chi connectivity index (χ1) is 19.8. The lowest BCUT2D eigenvalue weighted by Gasteiger charge is -2.42. The van der Waals surface area contributed by atoms with Crippen LogP contribution in [0.5, 0.6) is 0 Å². The third kappa shape index (κ3) is 5.69. The van der Waals surface area contributed by atoms with Gasteiger partial charge in [-0.05, 0) is 36.9 Å². The summed E-state index contributed by atoms with van der Waals surface area (Å²) in [6, 6.07) is 21.5. The zero-order chi connectivity index (χ0) is 28.6. The maximum absolute atomic E-state index is 6.47. The van der Waals surface area contributed by atoms with E-state index in [4.69, 9.17) is 15.7 Å². The van der Waals surface area contributed by atoms with Crippen molar-refractivity contribution in [3.63, 3.8) is 0 Å². The van der Waals surface area contributed by atoms with Gasteiger partial charge in [-0.2, -0.15) is 0 Å². The highest BCUT2D eigenvalue weighted by Crippen LogP contribution is 2.42. The van der Waals surface area contributed by atoms with Crippen molar-refractivity contribution in [2.75, 3.05) is 31.9 Å². The molecule has 6 rings (SSSR count). The molecule has 1 aliphatic rings. The Labute approximate surface area is 242 Å². The van der Waals surface area contributed by atoms with Crippen LogP contribution in [0.2, 0.25) is 0 Å². The van der Waals surface area contributed by atoms with Gasteiger partial charge in [0.05, 0.1) is 11.2 Å². The molecule has 7 nitrogen and oxygen atoms in total. The summed E-state index contributed by atoms with van der Waals surface area (Å²) in [6.45, 7) is 13.3. The number of fused-ring (bicyclic) bond motifs is 2. The summed E-state index contributed by atoms with van der Waals surface area (Å²) >= 11 is 0. The van der Waals surface area contributed by atoms with Crippen LogP contribution >= 0.6 is 0 Å². The highest BCUT2D eigenvalue weighted by atomic mass is 15.2. The number of aromatic nitrogens is 4. The second-order valence-corrected chi connectivity index (χ2v) is 12.5. The number of nitrogens with one attached hydrogen (secondary N) is 1. The van der Waals surface area contributed by atoms with Gasteiger partial charge in [-0.1, -0.05) is 76.2 Å². The van der Waals surface area contributed by atoms with Crippen LogP contribution in [-0.2, 0) is 0 Å². The Morgan fingerprint density at radius 2 is 1.78 bits per heavy atom. The molecule has 0 atom stereocenters. The maximum atomic E-state index is 6.47. The van der Waals surface area contributed by atoms with Crippen molar-refractivity contribution < 1.29 is 0 Å². The quantitative estimate of drug-likeness (QED) is 0.208. The molecule has 1 fully saturated rings. The average Bonchev–Trinajstić information content (AvgIpc) is 3.33. The van der Waals surface area contributed by atoms with Gasteiger partial charge >= 0.3 is 0 Å². The second kappa shape index (κ2) is 11.2. The molecule has 2 aromatic carbocycles. The summed E-state index contributed by atoms with van der Waals surface area (Å²) in [5.74, 6) is 1.97. The van der Waals surface area contributed by atoms with Gasteiger partial charge in [0.15, 0.2) is 0 Å². The molecular weight excluding hydrogens is 506 g/mol. The second-order valence-electron chi connectivity index (χ2n) is 12.5. The van der Waals surface area contributed by atoms with Crippen molar-refractivity contribution in [3.8, 4) is 22.5 Å². The van der Waals surface area contributed by atoms with E-state index in [0.717, 1.165) is 83.8 Å². The number of nitrogens with two attached hydrogens (primary N) is 1. The molecule has 0 bridgehead atoms. The molecule has 5 aromatic rings. The van der Waals surface area contributed by atoms with E-state index in [1.165, 1.54) is 0 Å². The van der Waals surface area contributed by atoms with Crippen LogP contribution in [0, 0.1) is 5.41 Å². The van der Waals surface area contributed by atoms with Gasteiger partial charge in [0, 0.05) is 60.5 Å². The molecule has 3 aromatic heterocycles. The molecule has 0 radical (unpaired) electrons. The van der Waals surface area contributed by atoms with Gasteiger partial charge in [-0.15, -0.1) is 0 Å². The first-order valence-corrected chi connectivity index (χ1v) is 14.8. The Hall–Kier alpha value is -3.81. The van der Waals surface area contributed by atoms with E-state index in [1.807, 2.05) is 24.4 Å². The Morgan fingerprint density at radius 1 is 1.00 bits per heavy atom. The van der Waals surface area contributed by atoms with Crippen LogP contribution in [-0.4, -0.2) is 56.5 Å². The van der Waals surface area contributed by atoms with Crippen LogP contribution in [0.4, 0.5) is 5.82 Å². The average molecular weight is 548 g/mol. The molecule has 0 spiro atoms. The Bertz CT molecular complexity index is 1650. The summed E-state index contributed by atoms with van der Waals surface area (Å²) in [7, 11) is 0. The Kier molecular flexibility index (Phi) is 7.49. The van der Waals surface area contributed by atoms with Crippen LogP contribution in [0.25, 0.3) is 38.9 Å². The minimum atomic E-state index is 0.306. The molecule has 0 unspecified atom stereocenters. The number of nitrogens with zero attached hydrogens (tertiary/aromatic N) is 5. The molecule has 7 heteroatoms. The largest absolute Gasteiger partial charge is 0.382 e. The summed E-state index contributed by atoms with van der Waals surface area (Å²) in [5.41, 5.74) is 12.5. The minimum Gasteiger partial charge on any atom is -0.382 e. The SMILES string of the molecule is CCN(CCNCC(C)(C)C)[C@H]1C[C@@H](c2nc(-c3ccc4ccc(-c5ccccc5)nc4c3)c3c(N)nccn32)C1. The van der Waals surface area contributed by atoms with Gasteiger partial charge in [-0.25, -0.2) is 15.0 Å². The zero-order valence-corrected chi connectivity index (χ0v) is 24.6. The molecule has 212 valence electrons. The van der Waals surface area contributed by atoms with E-state index in [1.54, 1.807) is 6.20 Å². The van der Waals surface area contributed by atoms with Gasteiger partial charge in [0.1, 0.15) is 22.9 Å². The van der Waals surface area contributed by atoms with Crippen molar-refractivity contribution in [2.24, 2.45) is 5.41 Å². The number of likely N-dealkylation sites (N-methyl/N-ethyl adjacent to an activating group) is 1. The molecule has 3 N–H and O–H groups in total. The number of hydrogen-bond donors (Lipinski definition) is 2. The molecule has 1 aliphatic carbocycles. The number of hydrogen-bond acceptors (Lipinski definition) is 6. The minimum absolute atomic E-state index is 0.306. The van der Waals surface area contributed by atoms with Crippen LogP contribution < -0.4 is 11.1 Å². The molecule has 3 heterocycles. The third-order valence-corrected chi connectivity index (χ3v) is 8.28. The fourth-order valence-corrected chi connectivity index (χ4v) is 5.99. The fourth-order valence-electron chi connectivity index (χ4n) is 5.99. The number of imidazole rings is 1. The van der Waals surface area contributed by atoms with E-state index in [2.05, 4.69) is 89.8 Å². The van der Waals surface area contributed by atoms with Crippen LogP contribution in [0.15, 0.2) is 73.1 Å². The van der Waals surface area contributed by atoms with Crippen molar-refractivity contribution in [1.82, 2.24) is 29.6 Å². The van der Waals surface area contributed by atoms with E-state index < -0.39 is 0 Å². The Balaban J connectivity index is 1.26. The number of nitrogen functional groups attached to an aromatic ring is 1. The molecule has 0 aliphatic heterocycles. The smallest absolute Gasteiger partial charge is 0.150 e. The summed E-state index contributed by atoms with van der Waals surface area (Å²) in [6.07, 6.45) is 5.99. The predicted molar refractivity (Wildman–Crippen MR) is 169 cm³/mol. The fraction of sp³-hybridized carbons (Fsp3) is 0.382. The lowest BCUT2D eigenvalue weighted by molar-refractivity contribution is 0.111. The van der Waals surface area contributed by atoms with E-state index in [-0.39, 0.29) is 0 Å². The lowest BCUT2D eigenvalue weighted by atomic mass is 9.78. The number of pyridine rings is 1. The Morgan fingerprint density at radius 3 is 2.54 bits per heavy atom. The van der Waals surface area contributed by atoms with Gasteiger partial charge in [-0.3, -0.25) is 9.30 Å². The number of anilines is 1. The maximum Gasteiger partial charge on any atom is 0.150 e. The van der Waals surface area contributed by atoms with Crippen molar-refractivity contribution in [2.45, 2.75) is 52.5 Å².